The largest absolute Gasteiger partial charge is 0.435 e. The number of hydrogen-bond donors (Lipinski definition) is 2. The molecule has 0 aromatic heterocycles. The first-order valence-corrected chi connectivity index (χ1v) is 11.3. The molecule has 1 saturated carbocycles. The highest BCUT2D eigenvalue weighted by atomic mass is 32.2. The maximum absolute atomic E-state index is 14.4. The molecule has 0 heterocycles. The summed E-state index contributed by atoms with van der Waals surface area (Å²) in [6, 6.07) is 4.44. The van der Waals surface area contributed by atoms with Gasteiger partial charge in [0.1, 0.15) is 17.2 Å². The highest BCUT2D eigenvalue weighted by molar-refractivity contribution is 7.92. The SMILES string of the molecule is O=C(CO)NC1CC(c2ccc(C(F)(C(F)(F)F)C(F)(F)F)cc2)(S(=O)(=O)c2ccc(F)cc2)C1. The van der Waals surface area contributed by atoms with Crippen molar-refractivity contribution in [3.05, 3.63) is 65.5 Å². The van der Waals surface area contributed by atoms with Crippen molar-refractivity contribution < 1.29 is 53.4 Å². The highest BCUT2D eigenvalue weighted by Crippen LogP contribution is 2.55. The average Bonchev–Trinajstić information content (AvgIpc) is 2.73. The lowest BCUT2D eigenvalue weighted by Crippen LogP contribution is -2.57. The molecule has 0 aliphatic heterocycles. The first kappa shape index (κ1) is 26.9. The second-order valence-corrected chi connectivity index (χ2v) is 10.3. The standard InChI is InChI=1S/C21H17F8NO4S/c22-14-5-7-16(8-6-14)35(33,34)18(9-15(10-18)30-17(32)11-31)12-1-3-13(4-2-12)19(23,20(24,25)26)21(27,28)29/h1-8,15,31H,9-11H2,(H,30,32). The van der Waals surface area contributed by atoms with Crippen molar-refractivity contribution in [2.75, 3.05) is 6.61 Å². The zero-order chi connectivity index (χ0) is 26.4. The zero-order valence-electron chi connectivity index (χ0n) is 17.4. The second-order valence-electron chi connectivity index (χ2n) is 8.01. The molecule has 1 aliphatic rings. The molecule has 2 aromatic carbocycles. The summed E-state index contributed by atoms with van der Waals surface area (Å²) in [6.45, 7) is -0.906. The number of amides is 1. The molecule has 35 heavy (non-hydrogen) atoms. The van der Waals surface area contributed by atoms with Gasteiger partial charge in [-0.2, -0.15) is 26.3 Å². The number of alkyl halides is 7. The molecular weight excluding hydrogens is 514 g/mol. The van der Waals surface area contributed by atoms with Gasteiger partial charge in [0, 0.05) is 11.6 Å². The van der Waals surface area contributed by atoms with E-state index in [4.69, 9.17) is 5.11 Å². The van der Waals surface area contributed by atoms with Gasteiger partial charge in [-0.25, -0.2) is 17.2 Å². The molecule has 0 radical (unpaired) electrons. The minimum Gasteiger partial charge on any atom is -0.387 e. The van der Waals surface area contributed by atoms with Gasteiger partial charge in [0.05, 0.1) is 4.90 Å². The van der Waals surface area contributed by atoms with Crippen LogP contribution in [0, 0.1) is 5.82 Å². The van der Waals surface area contributed by atoms with Crippen LogP contribution in [0.2, 0.25) is 0 Å². The fourth-order valence-electron chi connectivity index (χ4n) is 4.05. The topological polar surface area (TPSA) is 83.5 Å². The summed E-state index contributed by atoms with van der Waals surface area (Å²) in [4.78, 5) is 11.1. The molecule has 2 N–H and O–H groups in total. The number of halogens is 8. The normalized spacial score (nSPS) is 21.3. The van der Waals surface area contributed by atoms with E-state index in [1.165, 1.54) is 0 Å². The van der Waals surface area contributed by atoms with Crippen LogP contribution in [0.25, 0.3) is 0 Å². The molecule has 14 heteroatoms. The van der Waals surface area contributed by atoms with E-state index in [0.717, 1.165) is 24.3 Å². The third-order valence-electron chi connectivity index (χ3n) is 5.89. The highest BCUT2D eigenvalue weighted by Gasteiger charge is 2.73. The Morgan fingerprint density at radius 2 is 1.40 bits per heavy atom. The Bertz CT molecular complexity index is 1170. The molecule has 2 aromatic rings. The van der Waals surface area contributed by atoms with Gasteiger partial charge in [-0.05, 0) is 42.7 Å². The number of aliphatic hydroxyl groups is 1. The van der Waals surface area contributed by atoms with Crippen LogP contribution >= 0.6 is 0 Å². The molecule has 192 valence electrons. The third-order valence-corrected chi connectivity index (χ3v) is 8.38. The Balaban J connectivity index is 2.09. The van der Waals surface area contributed by atoms with Crippen molar-refractivity contribution >= 4 is 15.7 Å². The lowest BCUT2D eigenvalue weighted by atomic mass is 9.74. The Kier molecular flexibility index (Phi) is 6.70. The minimum atomic E-state index is -6.35. The van der Waals surface area contributed by atoms with E-state index in [1.807, 2.05) is 0 Å². The first-order chi connectivity index (χ1) is 16.0. The van der Waals surface area contributed by atoms with Crippen molar-refractivity contribution in [1.82, 2.24) is 5.32 Å². The van der Waals surface area contributed by atoms with Gasteiger partial charge in [0.2, 0.25) is 5.91 Å². The molecular formula is C21H17F8NO4S. The quantitative estimate of drug-likeness (QED) is 0.435. The van der Waals surface area contributed by atoms with Crippen LogP contribution in [0.3, 0.4) is 0 Å². The van der Waals surface area contributed by atoms with E-state index < -0.39 is 62.5 Å². The molecule has 0 spiro atoms. The second kappa shape index (κ2) is 8.73. The summed E-state index contributed by atoms with van der Waals surface area (Å²) in [7, 11) is -4.43. The van der Waals surface area contributed by atoms with Gasteiger partial charge in [-0.1, -0.05) is 24.3 Å². The Morgan fingerprint density at radius 1 is 0.914 bits per heavy atom. The summed E-state index contributed by atoms with van der Waals surface area (Å²) in [5.41, 5.74) is -7.74. The van der Waals surface area contributed by atoms with Crippen LogP contribution in [0.1, 0.15) is 24.0 Å². The molecule has 5 nitrogen and oxygen atoms in total. The van der Waals surface area contributed by atoms with Gasteiger partial charge in [0.15, 0.2) is 9.84 Å². The fourth-order valence-corrected chi connectivity index (χ4v) is 6.29. The lowest BCUT2D eigenvalue weighted by molar-refractivity contribution is -0.348. The summed E-state index contributed by atoms with van der Waals surface area (Å²) in [5, 5.41) is 11.2. The van der Waals surface area contributed by atoms with Crippen molar-refractivity contribution in [3.63, 3.8) is 0 Å². The molecule has 3 rings (SSSR count). The van der Waals surface area contributed by atoms with Gasteiger partial charge in [-0.3, -0.25) is 4.79 Å². The van der Waals surface area contributed by atoms with Crippen molar-refractivity contribution in [2.24, 2.45) is 0 Å². The molecule has 1 aliphatic carbocycles. The maximum atomic E-state index is 14.4. The van der Waals surface area contributed by atoms with Crippen LogP contribution in [-0.4, -0.2) is 44.4 Å². The minimum absolute atomic E-state index is 0.206. The number of benzene rings is 2. The number of sulfone groups is 1. The van der Waals surface area contributed by atoms with Crippen LogP contribution in [0.15, 0.2) is 53.4 Å². The number of hydrogen-bond acceptors (Lipinski definition) is 4. The van der Waals surface area contributed by atoms with E-state index in [2.05, 4.69) is 5.32 Å². The Labute approximate surface area is 193 Å². The Hall–Kier alpha value is -2.74. The summed E-state index contributed by atoms with van der Waals surface area (Å²) in [6.07, 6.45) is -13.4. The van der Waals surface area contributed by atoms with E-state index >= 15 is 0 Å². The molecule has 1 fully saturated rings. The van der Waals surface area contributed by atoms with E-state index in [-0.39, 0.29) is 35.4 Å². The number of nitrogens with one attached hydrogen (secondary N) is 1. The lowest BCUT2D eigenvalue weighted by Gasteiger charge is -2.47. The number of aliphatic hydroxyl groups excluding tert-OH is 1. The Morgan fingerprint density at radius 3 is 1.83 bits per heavy atom. The molecule has 1 amide bonds. The third kappa shape index (κ3) is 4.37. The van der Waals surface area contributed by atoms with Gasteiger partial charge < -0.3 is 10.4 Å². The van der Waals surface area contributed by atoms with Crippen molar-refractivity contribution in [1.29, 1.82) is 0 Å². The summed E-state index contributed by atoms with van der Waals surface area (Å²) >= 11 is 0. The molecule has 0 atom stereocenters. The predicted octanol–water partition coefficient (Wildman–Crippen LogP) is 4.06. The number of rotatable bonds is 6. The van der Waals surface area contributed by atoms with Crippen LogP contribution in [0.5, 0.6) is 0 Å². The van der Waals surface area contributed by atoms with E-state index in [9.17, 15) is 48.3 Å². The maximum Gasteiger partial charge on any atom is 0.435 e. The van der Waals surface area contributed by atoms with Crippen molar-refractivity contribution in [2.45, 2.75) is 46.5 Å². The molecule has 0 saturated heterocycles. The monoisotopic (exact) mass is 531 g/mol. The van der Waals surface area contributed by atoms with Gasteiger partial charge in [0.25, 0.3) is 0 Å². The van der Waals surface area contributed by atoms with Crippen LogP contribution in [-0.2, 0) is 25.0 Å². The fraction of sp³-hybridized carbons (Fsp3) is 0.381. The first-order valence-electron chi connectivity index (χ1n) is 9.83. The summed E-state index contributed by atoms with van der Waals surface area (Å²) in [5.74, 6) is -1.60. The molecule has 0 bridgehead atoms. The van der Waals surface area contributed by atoms with Gasteiger partial charge in [-0.15, -0.1) is 0 Å². The van der Waals surface area contributed by atoms with E-state index in [1.54, 1.807) is 0 Å². The number of carbonyl (C=O) groups is 1. The van der Waals surface area contributed by atoms with Gasteiger partial charge >= 0.3 is 18.0 Å². The summed E-state index contributed by atoms with van der Waals surface area (Å²) < 4.78 is 131. The average molecular weight is 531 g/mol. The number of carbonyl (C=O) groups excluding carboxylic acids is 1. The molecule has 0 unspecified atom stereocenters. The zero-order valence-corrected chi connectivity index (χ0v) is 18.2. The van der Waals surface area contributed by atoms with Crippen molar-refractivity contribution in [3.8, 4) is 0 Å². The predicted molar refractivity (Wildman–Crippen MR) is 105 cm³/mol. The smallest absolute Gasteiger partial charge is 0.387 e. The van der Waals surface area contributed by atoms with Crippen LogP contribution < -0.4 is 5.32 Å². The van der Waals surface area contributed by atoms with E-state index in [0.29, 0.717) is 12.1 Å². The van der Waals surface area contributed by atoms with Crippen LogP contribution in [0.4, 0.5) is 35.1 Å².